The van der Waals surface area contributed by atoms with Crippen LogP contribution in [0, 0.1) is 5.92 Å². The fourth-order valence-electron chi connectivity index (χ4n) is 5.41. The number of nitrogens with zero attached hydrogens (tertiary/aromatic N) is 2. The van der Waals surface area contributed by atoms with Crippen LogP contribution in [0.2, 0.25) is 10.0 Å². The molecule has 0 saturated heterocycles. The quantitative estimate of drug-likeness (QED) is 0.275. The summed E-state index contributed by atoms with van der Waals surface area (Å²) in [7, 11) is -6.42. The number of likely N-dealkylation sites (N-methyl/N-ethyl adjacent to an activating group) is 1. The number of amides is 1. The number of nitrogens with one attached hydrogen (secondary N) is 1. The van der Waals surface area contributed by atoms with E-state index in [1.54, 1.807) is 13.0 Å². The van der Waals surface area contributed by atoms with Crippen LogP contribution in [0.15, 0.2) is 76.5 Å². The lowest BCUT2D eigenvalue weighted by molar-refractivity contribution is -0.00833. The van der Waals surface area contributed by atoms with Crippen LogP contribution in [0.1, 0.15) is 50.4 Å². The molecular formula is C34H43Cl2N3O8S2. The number of fused-ring (bicyclic) bond motifs is 1. The summed E-state index contributed by atoms with van der Waals surface area (Å²) in [6.07, 6.45) is 1.18. The molecule has 1 amide bonds. The van der Waals surface area contributed by atoms with Gasteiger partial charge in [-0.05, 0) is 99.8 Å². The summed E-state index contributed by atoms with van der Waals surface area (Å²) in [4.78, 5) is 15.9. The molecule has 3 aromatic rings. The topological polar surface area (TPSA) is 143 Å². The monoisotopic (exact) mass is 755 g/mol. The zero-order chi connectivity index (χ0) is 35.9. The number of rotatable bonds is 9. The minimum atomic E-state index is -4.02. The lowest BCUT2D eigenvalue weighted by atomic mass is 10.0. The van der Waals surface area contributed by atoms with E-state index in [2.05, 4.69) is 4.72 Å². The second-order valence-corrected chi connectivity index (χ2v) is 16.9. The second kappa shape index (κ2) is 16.9. The van der Waals surface area contributed by atoms with Crippen LogP contribution in [-0.2, 0) is 24.8 Å². The molecule has 2 N–H and O–H groups in total. The summed E-state index contributed by atoms with van der Waals surface area (Å²) >= 11 is 11.9. The first kappa shape index (κ1) is 38.9. The first-order chi connectivity index (χ1) is 23.1. The van der Waals surface area contributed by atoms with Gasteiger partial charge in [0, 0.05) is 48.4 Å². The third kappa shape index (κ3) is 10.1. The fraction of sp³-hybridized carbons (Fsp3) is 0.441. The van der Waals surface area contributed by atoms with E-state index < -0.39 is 44.0 Å². The maximum absolute atomic E-state index is 14.4. The lowest BCUT2D eigenvalue weighted by Crippen LogP contribution is -2.48. The van der Waals surface area contributed by atoms with Crippen LogP contribution in [0.5, 0.6) is 5.75 Å². The van der Waals surface area contributed by atoms with E-state index in [-0.39, 0.29) is 52.6 Å². The van der Waals surface area contributed by atoms with E-state index >= 15 is 0 Å². The third-order valence-corrected chi connectivity index (χ3v) is 12.1. The summed E-state index contributed by atoms with van der Waals surface area (Å²) in [5.41, 5.74) is 0.243. The molecule has 4 atom stereocenters. The van der Waals surface area contributed by atoms with Crippen LogP contribution in [-0.4, -0.2) is 88.7 Å². The third-order valence-electron chi connectivity index (χ3n) is 8.39. The largest absolute Gasteiger partial charge is 0.490 e. The van der Waals surface area contributed by atoms with E-state index in [0.717, 1.165) is 6.42 Å². The van der Waals surface area contributed by atoms with Crippen molar-refractivity contribution in [2.45, 2.75) is 68.1 Å². The van der Waals surface area contributed by atoms with E-state index in [1.165, 1.54) is 76.9 Å². The Balaban J connectivity index is 1.67. The Kier molecular flexibility index (Phi) is 13.4. The van der Waals surface area contributed by atoms with Gasteiger partial charge in [0.25, 0.3) is 15.9 Å². The van der Waals surface area contributed by atoms with Crippen LogP contribution in [0.25, 0.3) is 0 Å². The number of benzene rings is 3. The zero-order valence-corrected chi connectivity index (χ0v) is 31.0. The van der Waals surface area contributed by atoms with E-state index in [4.69, 9.17) is 32.7 Å². The van der Waals surface area contributed by atoms with Crippen molar-refractivity contribution < 1.29 is 36.2 Å². The minimum absolute atomic E-state index is 0.00776. The average Bonchev–Trinajstić information content (AvgIpc) is 3.06. The molecule has 15 heteroatoms. The van der Waals surface area contributed by atoms with Gasteiger partial charge >= 0.3 is 0 Å². The molecule has 0 aliphatic carbocycles. The Morgan fingerprint density at radius 1 is 0.959 bits per heavy atom. The highest BCUT2D eigenvalue weighted by Gasteiger charge is 2.32. The summed E-state index contributed by atoms with van der Waals surface area (Å²) in [6.45, 7) is 5.55. The second-order valence-electron chi connectivity index (χ2n) is 12.3. The van der Waals surface area contributed by atoms with Gasteiger partial charge in [-0.25, -0.2) is 16.8 Å². The summed E-state index contributed by atoms with van der Waals surface area (Å²) < 4.78 is 69.5. The molecule has 1 aliphatic heterocycles. The molecule has 3 aromatic carbocycles. The molecule has 0 saturated carbocycles. The van der Waals surface area contributed by atoms with Gasteiger partial charge in [0.05, 0.1) is 40.2 Å². The van der Waals surface area contributed by atoms with Gasteiger partial charge in [-0.3, -0.25) is 9.52 Å². The molecule has 0 bridgehead atoms. The maximum Gasteiger partial charge on any atom is 0.261 e. The maximum atomic E-state index is 14.4. The Morgan fingerprint density at radius 3 is 2.18 bits per heavy atom. The number of carbonyl (C=O) groups excluding carboxylic acids is 1. The molecular weight excluding hydrogens is 713 g/mol. The van der Waals surface area contributed by atoms with Gasteiger partial charge in [-0.1, -0.05) is 30.1 Å². The van der Waals surface area contributed by atoms with Crippen molar-refractivity contribution in [1.29, 1.82) is 0 Å². The lowest BCUT2D eigenvalue weighted by Gasteiger charge is -2.35. The predicted octanol–water partition coefficient (Wildman–Crippen LogP) is 5.91. The number of aliphatic hydroxyl groups is 1. The van der Waals surface area contributed by atoms with E-state index in [1.807, 2.05) is 13.8 Å². The Morgan fingerprint density at radius 2 is 1.57 bits per heavy atom. The zero-order valence-electron chi connectivity index (χ0n) is 27.9. The number of hydrogen-bond donors (Lipinski definition) is 2. The number of halogens is 2. The molecule has 0 spiro atoms. The number of anilines is 1. The molecule has 268 valence electrons. The molecule has 4 rings (SSSR count). The number of hydrogen-bond acceptors (Lipinski definition) is 8. The molecule has 0 aromatic heterocycles. The van der Waals surface area contributed by atoms with Crippen LogP contribution in [0.4, 0.5) is 5.69 Å². The van der Waals surface area contributed by atoms with Gasteiger partial charge in [0.15, 0.2) is 0 Å². The molecule has 11 nitrogen and oxygen atoms in total. The SMILES string of the molecule is C[C@@H]1CCCCO[C@H](CN(C)S(=O)(=O)c2ccc(Cl)cc2)[C@@H](C)CN([C@@H](C)CO)C(=O)c2cc(NS(=O)(=O)c3ccc(Cl)cc3)ccc2O1. The average molecular weight is 757 g/mol. The number of ether oxygens (including phenoxy) is 2. The van der Waals surface area contributed by atoms with Crippen LogP contribution >= 0.6 is 23.2 Å². The highest BCUT2D eigenvalue weighted by molar-refractivity contribution is 7.92. The van der Waals surface area contributed by atoms with Crippen LogP contribution in [0.3, 0.4) is 0 Å². The Hall–Kier alpha value is -2.91. The van der Waals surface area contributed by atoms with Crippen molar-refractivity contribution in [3.63, 3.8) is 0 Å². The first-order valence-electron chi connectivity index (χ1n) is 16.0. The van der Waals surface area contributed by atoms with Crippen molar-refractivity contribution in [3.05, 3.63) is 82.3 Å². The summed E-state index contributed by atoms with van der Waals surface area (Å²) in [5.74, 6) is -0.617. The van der Waals surface area contributed by atoms with E-state index in [0.29, 0.717) is 29.5 Å². The summed E-state index contributed by atoms with van der Waals surface area (Å²) in [6, 6.07) is 15.5. The van der Waals surface area contributed by atoms with Crippen LogP contribution < -0.4 is 9.46 Å². The molecule has 0 fully saturated rings. The van der Waals surface area contributed by atoms with Gasteiger partial charge in [-0.2, -0.15) is 4.31 Å². The standard InChI is InChI=1S/C34H43Cl2N3O8S2/c1-23-20-39(24(2)22-40)34(41)31-19-28(37-48(42,43)29-13-8-26(35)9-14-29)12-17-32(31)47-25(3)7-5-6-18-46-33(23)21-38(4)49(44,45)30-15-10-27(36)11-16-30/h8-17,19,23-25,33,37,40H,5-7,18,20-22H2,1-4H3/t23-,24-,25+,33+/m0/s1. The number of sulfonamides is 2. The van der Waals surface area contributed by atoms with Crippen molar-refractivity contribution in [1.82, 2.24) is 9.21 Å². The van der Waals surface area contributed by atoms with E-state index in [9.17, 15) is 26.7 Å². The van der Waals surface area contributed by atoms with Gasteiger partial charge in [-0.15, -0.1) is 0 Å². The van der Waals surface area contributed by atoms with Gasteiger partial charge < -0.3 is 19.5 Å². The molecule has 49 heavy (non-hydrogen) atoms. The van der Waals surface area contributed by atoms with Crippen molar-refractivity contribution >= 4 is 54.8 Å². The number of carbonyl (C=O) groups is 1. The highest BCUT2D eigenvalue weighted by atomic mass is 35.5. The fourth-order valence-corrected chi connectivity index (χ4v) is 7.90. The molecule has 0 radical (unpaired) electrons. The normalized spacial score (nSPS) is 20.6. The molecule has 1 heterocycles. The van der Waals surface area contributed by atoms with Crippen molar-refractivity contribution in [2.24, 2.45) is 5.92 Å². The van der Waals surface area contributed by atoms with Crippen molar-refractivity contribution in [3.8, 4) is 5.75 Å². The van der Waals surface area contributed by atoms with Crippen molar-refractivity contribution in [2.75, 3.05) is 38.1 Å². The van der Waals surface area contributed by atoms with Gasteiger partial charge in [0.2, 0.25) is 10.0 Å². The van der Waals surface area contributed by atoms with Gasteiger partial charge in [0.1, 0.15) is 5.75 Å². The predicted molar refractivity (Wildman–Crippen MR) is 190 cm³/mol. The Labute approximate surface area is 299 Å². The summed E-state index contributed by atoms with van der Waals surface area (Å²) in [5, 5.41) is 11.0. The minimum Gasteiger partial charge on any atom is -0.490 e. The molecule has 0 unspecified atom stereocenters. The first-order valence-corrected chi connectivity index (χ1v) is 19.6. The number of aliphatic hydroxyl groups excluding tert-OH is 1. The molecule has 1 aliphatic rings. The highest BCUT2D eigenvalue weighted by Crippen LogP contribution is 2.30. The Bertz CT molecular complexity index is 1790. The smallest absolute Gasteiger partial charge is 0.261 e.